The number of aliphatic hydroxyl groups is 1. The fraction of sp³-hybridized carbons (Fsp3) is 0.255. The fourth-order valence-electron chi connectivity index (χ4n) is 7.04. The van der Waals surface area contributed by atoms with Crippen LogP contribution in [0.3, 0.4) is 0 Å². The molecule has 0 saturated carbocycles. The second kappa shape index (κ2) is 20.6. The summed E-state index contributed by atoms with van der Waals surface area (Å²) in [5, 5.41) is 45.0. The monoisotopic (exact) mass is 827 g/mol. The second-order valence-electron chi connectivity index (χ2n) is 14.5. The molecule has 0 aliphatic rings. The van der Waals surface area contributed by atoms with Crippen molar-refractivity contribution in [2.75, 3.05) is 13.1 Å². The molecule has 1 unspecified atom stereocenters. The average Bonchev–Trinajstić information content (AvgIpc) is 3.23. The molecule has 4 aromatic carbocycles. The molecule has 0 spiro atoms. The molecule has 5 N–H and O–H groups in total. The summed E-state index contributed by atoms with van der Waals surface area (Å²) in [6, 6.07) is 27.9. The van der Waals surface area contributed by atoms with Gasteiger partial charge in [-0.1, -0.05) is 60.1 Å². The van der Waals surface area contributed by atoms with Crippen LogP contribution in [0.5, 0.6) is 11.5 Å². The molecular formula is C47H46ClN5O7. The molecule has 6 rings (SSSR count). The van der Waals surface area contributed by atoms with Crippen molar-refractivity contribution < 1.29 is 34.4 Å². The number of pyridine rings is 2. The van der Waals surface area contributed by atoms with E-state index in [1.165, 1.54) is 6.20 Å². The van der Waals surface area contributed by atoms with Crippen molar-refractivity contribution in [3.05, 3.63) is 141 Å². The highest BCUT2D eigenvalue weighted by Gasteiger charge is 2.17. The Morgan fingerprint density at radius 1 is 0.817 bits per heavy atom. The van der Waals surface area contributed by atoms with Gasteiger partial charge in [-0.25, -0.2) is 0 Å². The molecule has 0 aliphatic carbocycles. The van der Waals surface area contributed by atoms with Crippen molar-refractivity contribution in [1.82, 2.24) is 20.6 Å². The van der Waals surface area contributed by atoms with Crippen molar-refractivity contribution in [1.29, 1.82) is 5.26 Å². The van der Waals surface area contributed by atoms with Crippen LogP contribution in [0.4, 0.5) is 0 Å². The fourth-order valence-corrected chi connectivity index (χ4v) is 7.28. The predicted molar refractivity (Wildman–Crippen MR) is 230 cm³/mol. The summed E-state index contributed by atoms with van der Waals surface area (Å²) >= 11 is 6.80. The van der Waals surface area contributed by atoms with E-state index in [2.05, 4.69) is 76.9 Å². The number of aliphatic hydroxyl groups excluding tert-OH is 1. The van der Waals surface area contributed by atoms with Gasteiger partial charge in [-0.2, -0.15) is 5.26 Å². The van der Waals surface area contributed by atoms with E-state index < -0.39 is 18.0 Å². The molecule has 308 valence electrons. The van der Waals surface area contributed by atoms with Crippen LogP contribution in [0, 0.1) is 25.2 Å². The molecule has 13 heteroatoms. The number of nitrogens with one attached hydrogen (secondary N) is 2. The Balaban J connectivity index is 1.20. The maximum absolute atomic E-state index is 11.0. The Morgan fingerprint density at radius 3 is 2.35 bits per heavy atom. The molecular weight excluding hydrogens is 782 g/mol. The zero-order valence-corrected chi connectivity index (χ0v) is 34.1. The summed E-state index contributed by atoms with van der Waals surface area (Å²) in [7, 11) is 0. The first-order valence-electron chi connectivity index (χ1n) is 19.5. The van der Waals surface area contributed by atoms with Gasteiger partial charge in [-0.15, -0.1) is 0 Å². The number of halogens is 1. The minimum Gasteiger partial charge on any atom is -0.488 e. The molecule has 12 nitrogen and oxygen atoms in total. The third-order valence-corrected chi connectivity index (χ3v) is 10.5. The number of aromatic nitrogens is 2. The smallest absolute Gasteiger partial charge is 0.306 e. The number of ether oxygens (including phenoxy) is 2. The molecule has 2 aromatic heterocycles. The second-order valence-corrected chi connectivity index (χ2v) is 14.9. The molecule has 0 fully saturated rings. The maximum Gasteiger partial charge on any atom is 0.306 e. The lowest BCUT2D eigenvalue weighted by atomic mass is 9.89. The Morgan fingerprint density at radius 2 is 1.57 bits per heavy atom. The average molecular weight is 828 g/mol. The van der Waals surface area contributed by atoms with Crippen LogP contribution in [0.15, 0.2) is 97.5 Å². The van der Waals surface area contributed by atoms with E-state index in [1.54, 1.807) is 30.6 Å². The molecule has 0 saturated heterocycles. The van der Waals surface area contributed by atoms with Gasteiger partial charge in [-0.3, -0.25) is 19.6 Å². The van der Waals surface area contributed by atoms with Gasteiger partial charge in [0, 0.05) is 67.2 Å². The largest absolute Gasteiger partial charge is 0.488 e. The highest BCUT2D eigenvalue weighted by Crippen LogP contribution is 2.37. The molecule has 0 amide bonds. The zero-order valence-electron chi connectivity index (χ0n) is 33.4. The Kier molecular flexibility index (Phi) is 14.8. The first kappa shape index (κ1) is 43.2. The number of fused-ring (bicyclic) bond motifs is 1. The summed E-state index contributed by atoms with van der Waals surface area (Å²) in [4.78, 5) is 30.7. The van der Waals surface area contributed by atoms with E-state index in [4.69, 9.17) is 31.3 Å². The minimum atomic E-state index is -1.04. The van der Waals surface area contributed by atoms with Gasteiger partial charge in [0.25, 0.3) is 0 Å². The third kappa shape index (κ3) is 11.2. The summed E-state index contributed by atoms with van der Waals surface area (Å²) in [6.07, 6.45) is 4.14. The van der Waals surface area contributed by atoms with E-state index >= 15 is 0 Å². The Hall–Kier alpha value is -6.36. The highest BCUT2D eigenvalue weighted by molar-refractivity contribution is 6.32. The topological polar surface area (TPSA) is 187 Å². The lowest BCUT2D eigenvalue weighted by Crippen LogP contribution is -2.28. The number of nitrogens with zero attached hydrogens (tertiary/aromatic N) is 3. The molecule has 0 bridgehead atoms. The molecule has 0 radical (unpaired) electrons. The van der Waals surface area contributed by atoms with Gasteiger partial charge in [0.2, 0.25) is 0 Å². The number of aliphatic carboxylic acids is 2. The molecule has 6 aromatic rings. The molecule has 1 atom stereocenters. The molecule has 0 aliphatic heterocycles. The van der Waals surface area contributed by atoms with Crippen LogP contribution in [-0.2, 0) is 35.9 Å². The normalized spacial score (nSPS) is 11.6. The first-order valence-corrected chi connectivity index (χ1v) is 19.9. The number of carbonyl (C=O) groups is 2. The van der Waals surface area contributed by atoms with Crippen LogP contribution in [0.1, 0.15) is 58.2 Å². The van der Waals surface area contributed by atoms with E-state index in [0.29, 0.717) is 48.1 Å². The third-order valence-electron chi connectivity index (χ3n) is 10.2. The number of carboxylic acid groups (broad SMARTS) is 2. The van der Waals surface area contributed by atoms with E-state index in [-0.39, 0.29) is 32.6 Å². The highest BCUT2D eigenvalue weighted by atomic mass is 35.5. The number of hydrogen-bond donors (Lipinski definition) is 5. The van der Waals surface area contributed by atoms with Gasteiger partial charge in [-0.05, 0) is 95.6 Å². The van der Waals surface area contributed by atoms with Crippen LogP contribution < -0.4 is 20.1 Å². The molecule has 60 heavy (non-hydrogen) atoms. The van der Waals surface area contributed by atoms with Gasteiger partial charge >= 0.3 is 11.9 Å². The Labute approximate surface area is 353 Å². The van der Waals surface area contributed by atoms with Crippen molar-refractivity contribution >= 4 is 34.4 Å². The summed E-state index contributed by atoms with van der Waals surface area (Å²) < 4.78 is 12.6. The quantitative estimate of drug-likeness (QED) is 0.0466. The van der Waals surface area contributed by atoms with Crippen molar-refractivity contribution in [3.8, 4) is 39.8 Å². The number of rotatable bonds is 20. The number of benzene rings is 4. The van der Waals surface area contributed by atoms with E-state index in [0.717, 1.165) is 66.5 Å². The van der Waals surface area contributed by atoms with Crippen molar-refractivity contribution in [3.63, 3.8) is 0 Å². The summed E-state index contributed by atoms with van der Waals surface area (Å²) in [5.74, 6) is -0.917. The number of nitriles is 1. The van der Waals surface area contributed by atoms with Crippen LogP contribution >= 0.6 is 11.6 Å². The maximum atomic E-state index is 11.0. The van der Waals surface area contributed by atoms with Crippen LogP contribution in [0.25, 0.3) is 33.2 Å². The molecule has 2 heterocycles. The van der Waals surface area contributed by atoms with Gasteiger partial charge in [0.05, 0.1) is 28.6 Å². The Bertz CT molecular complexity index is 2540. The number of carboxylic acids is 2. The summed E-state index contributed by atoms with van der Waals surface area (Å²) in [5.41, 5.74) is 11.1. The summed E-state index contributed by atoms with van der Waals surface area (Å²) in [6.45, 7) is 6.11. The minimum absolute atomic E-state index is 0.0642. The van der Waals surface area contributed by atoms with E-state index in [9.17, 15) is 20.0 Å². The van der Waals surface area contributed by atoms with Gasteiger partial charge < -0.3 is 35.4 Å². The lowest BCUT2D eigenvalue weighted by molar-refractivity contribution is -0.139. The van der Waals surface area contributed by atoms with Gasteiger partial charge in [0.15, 0.2) is 0 Å². The zero-order chi connectivity index (χ0) is 42.6. The SMILES string of the molecule is Cc1c(COc2cc(OCc3cncc(C#N)c3)c(CNCCCC(=O)O)cc2Cl)cccc1-c1cccc(-c2ccc3c(CNCC(O)CC(=O)O)ccnc3c2)c1C. The van der Waals surface area contributed by atoms with E-state index in [1.807, 2.05) is 24.3 Å². The van der Waals surface area contributed by atoms with Crippen LogP contribution in [0.2, 0.25) is 5.02 Å². The van der Waals surface area contributed by atoms with Crippen molar-refractivity contribution in [2.45, 2.75) is 65.5 Å². The van der Waals surface area contributed by atoms with Crippen LogP contribution in [-0.4, -0.2) is 56.4 Å². The predicted octanol–water partition coefficient (Wildman–Crippen LogP) is 8.14. The first-order chi connectivity index (χ1) is 29.0. The lowest BCUT2D eigenvalue weighted by Gasteiger charge is -2.18. The standard InChI is InChI=1S/C47H46ClN5O7/c1-29-35(28-60-45-20-44(59-27-32-16-31(21-49)22-51-23-32)36(17-42(45)48)25-50-14-5-10-46(55)56)6-3-8-39(29)40-9-4-7-38(30(40)2)33-11-12-41-34(13-15-53-43(41)18-33)24-52-26-37(54)19-47(57)58/h3-4,6-9,11-13,15-18,20,22-23,37,50,52,54H,5,10,14,19,24-28H2,1-2H3,(H,55,56)(H,57,58). The number of hydrogen-bond acceptors (Lipinski definition) is 10. The van der Waals surface area contributed by atoms with Gasteiger partial charge in [0.1, 0.15) is 30.8 Å². The van der Waals surface area contributed by atoms with Crippen molar-refractivity contribution in [2.24, 2.45) is 0 Å².